The minimum absolute atomic E-state index is 0.0790. The molecule has 0 bridgehead atoms. The third kappa shape index (κ3) is 3.41. The third-order valence-corrected chi connectivity index (χ3v) is 5.61. The van der Waals surface area contributed by atoms with Crippen molar-refractivity contribution in [1.82, 2.24) is 4.83 Å². The molecule has 134 valence electrons. The Bertz CT molecular complexity index is 1120. The van der Waals surface area contributed by atoms with Crippen LogP contribution in [0.5, 0.6) is 5.75 Å². The number of phenolic OH excluding ortho intramolecular Hbond substituents is 1. The van der Waals surface area contributed by atoms with Crippen molar-refractivity contribution in [3.05, 3.63) is 71.3 Å². The highest BCUT2D eigenvalue weighted by Gasteiger charge is 2.17. The Morgan fingerprint density at radius 1 is 1.04 bits per heavy atom. The summed E-state index contributed by atoms with van der Waals surface area (Å²) >= 11 is 0. The Morgan fingerprint density at radius 2 is 1.77 bits per heavy atom. The first kappa shape index (κ1) is 17.9. The molecule has 0 aliphatic heterocycles. The van der Waals surface area contributed by atoms with Crippen molar-refractivity contribution in [3.63, 3.8) is 0 Å². The molecule has 0 unspecified atom stereocenters. The number of fused-ring (bicyclic) bond motifs is 1. The summed E-state index contributed by atoms with van der Waals surface area (Å²) < 4.78 is 25.1. The van der Waals surface area contributed by atoms with Crippen molar-refractivity contribution in [2.45, 2.75) is 25.7 Å². The van der Waals surface area contributed by atoms with Gasteiger partial charge in [0, 0.05) is 10.9 Å². The fraction of sp³-hybridized carbons (Fsp3) is 0.150. The first-order valence-electron chi connectivity index (χ1n) is 8.14. The third-order valence-electron chi connectivity index (χ3n) is 4.26. The summed E-state index contributed by atoms with van der Waals surface area (Å²) in [5.74, 6) is 0.0790. The lowest BCUT2D eigenvalue weighted by molar-refractivity contribution is 0.480. The van der Waals surface area contributed by atoms with Gasteiger partial charge in [0.25, 0.3) is 10.0 Å². The molecule has 0 radical (unpaired) electrons. The second kappa shape index (κ2) is 6.80. The van der Waals surface area contributed by atoms with Gasteiger partial charge in [-0.3, -0.25) is 0 Å². The first-order chi connectivity index (χ1) is 12.3. The van der Waals surface area contributed by atoms with Gasteiger partial charge in [-0.1, -0.05) is 42.5 Å². The quantitative estimate of drug-likeness (QED) is 0.542. The molecule has 0 saturated carbocycles. The molecule has 0 heterocycles. The smallest absolute Gasteiger partial charge is 0.276 e. The molecule has 5 nitrogen and oxygen atoms in total. The Kier molecular flexibility index (Phi) is 4.70. The van der Waals surface area contributed by atoms with Crippen LogP contribution in [0.1, 0.15) is 23.6 Å². The predicted octanol–water partition coefficient (Wildman–Crippen LogP) is 3.86. The van der Waals surface area contributed by atoms with Crippen molar-refractivity contribution in [2.75, 3.05) is 0 Å². The van der Waals surface area contributed by atoms with Gasteiger partial charge >= 0.3 is 0 Å². The van der Waals surface area contributed by atoms with Crippen LogP contribution in [-0.2, 0) is 10.0 Å². The average Bonchev–Trinajstić information content (AvgIpc) is 2.62. The lowest BCUT2D eigenvalue weighted by Gasteiger charge is -2.10. The standard InChI is InChI=1S/C20H20N2O3S/c1-13-8-9-14(2)19(12-13)26(24,25)22-21-15(3)17-11-10-16-6-4-5-7-18(16)20(17)23/h4-12,22-23H,1-3H3. The highest BCUT2D eigenvalue weighted by Crippen LogP contribution is 2.29. The van der Waals surface area contributed by atoms with Crippen LogP contribution in [0.3, 0.4) is 0 Å². The second-order valence-corrected chi connectivity index (χ2v) is 7.87. The summed E-state index contributed by atoms with van der Waals surface area (Å²) in [4.78, 5) is 2.46. The van der Waals surface area contributed by atoms with Gasteiger partial charge in [-0.2, -0.15) is 18.4 Å². The van der Waals surface area contributed by atoms with Gasteiger partial charge in [0.2, 0.25) is 0 Å². The van der Waals surface area contributed by atoms with Crippen molar-refractivity contribution in [1.29, 1.82) is 0 Å². The molecule has 0 spiro atoms. The number of aryl methyl sites for hydroxylation is 2. The van der Waals surface area contributed by atoms with Crippen molar-refractivity contribution in [3.8, 4) is 5.75 Å². The fourth-order valence-corrected chi connectivity index (χ4v) is 3.97. The van der Waals surface area contributed by atoms with E-state index in [4.69, 9.17) is 0 Å². The van der Waals surface area contributed by atoms with Gasteiger partial charge in [-0.05, 0) is 49.4 Å². The van der Waals surface area contributed by atoms with Crippen LogP contribution in [0.25, 0.3) is 10.8 Å². The van der Waals surface area contributed by atoms with E-state index in [0.29, 0.717) is 22.2 Å². The number of hydrogen-bond donors (Lipinski definition) is 2. The van der Waals surface area contributed by atoms with Crippen molar-refractivity contribution in [2.24, 2.45) is 5.10 Å². The Labute approximate surface area is 153 Å². The monoisotopic (exact) mass is 368 g/mol. The maximum Gasteiger partial charge on any atom is 0.276 e. The van der Waals surface area contributed by atoms with Gasteiger partial charge < -0.3 is 5.11 Å². The summed E-state index contributed by atoms with van der Waals surface area (Å²) in [6.45, 7) is 5.22. The van der Waals surface area contributed by atoms with Crippen LogP contribution in [-0.4, -0.2) is 19.2 Å². The first-order valence-corrected chi connectivity index (χ1v) is 9.62. The number of phenols is 1. The molecule has 0 aliphatic rings. The average molecular weight is 368 g/mol. The molecule has 0 fully saturated rings. The molecule has 0 aliphatic carbocycles. The molecular formula is C20H20N2O3S. The van der Waals surface area contributed by atoms with Crippen LogP contribution >= 0.6 is 0 Å². The SMILES string of the molecule is CC(=NNS(=O)(=O)c1cc(C)ccc1C)c1ccc2ccccc2c1O. The minimum Gasteiger partial charge on any atom is -0.507 e. The summed E-state index contributed by atoms with van der Waals surface area (Å²) in [5.41, 5.74) is 2.35. The number of hydrazone groups is 1. The van der Waals surface area contributed by atoms with E-state index in [0.717, 1.165) is 10.9 Å². The van der Waals surface area contributed by atoms with Gasteiger partial charge in [0.05, 0.1) is 10.6 Å². The number of nitrogens with zero attached hydrogens (tertiary/aromatic N) is 1. The molecule has 3 aromatic carbocycles. The van der Waals surface area contributed by atoms with Crippen LogP contribution in [0.2, 0.25) is 0 Å². The van der Waals surface area contributed by atoms with E-state index < -0.39 is 10.0 Å². The number of sulfonamides is 1. The molecule has 26 heavy (non-hydrogen) atoms. The molecule has 0 saturated heterocycles. The van der Waals surface area contributed by atoms with Crippen LogP contribution in [0.4, 0.5) is 0 Å². The zero-order valence-corrected chi connectivity index (χ0v) is 15.6. The number of rotatable bonds is 4. The molecule has 0 aromatic heterocycles. The number of hydrogen-bond acceptors (Lipinski definition) is 4. The Hall–Kier alpha value is -2.86. The fourth-order valence-electron chi connectivity index (χ4n) is 2.78. The maximum absolute atomic E-state index is 12.6. The van der Waals surface area contributed by atoms with E-state index in [1.165, 1.54) is 0 Å². The highest BCUT2D eigenvalue weighted by atomic mass is 32.2. The topological polar surface area (TPSA) is 78.8 Å². The second-order valence-electron chi connectivity index (χ2n) is 6.24. The lowest BCUT2D eigenvalue weighted by Crippen LogP contribution is -2.21. The molecule has 0 atom stereocenters. The summed E-state index contributed by atoms with van der Waals surface area (Å²) in [7, 11) is -3.79. The normalized spacial score (nSPS) is 12.3. The molecule has 3 aromatic rings. The van der Waals surface area contributed by atoms with E-state index in [1.54, 1.807) is 32.0 Å². The maximum atomic E-state index is 12.6. The van der Waals surface area contributed by atoms with Gasteiger partial charge in [0.15, 0.2) is 0 Å². The van der Waals surface area contributed by atoms with Gasteiger partial charge in [-0.15, -0.1) is 0 Å². The Balaban J connectivity index is 1.96. The minimum atomic E-state index is -3.79. The molecule has 6 heteroatoms. The largest absolute Gasteiger partial charge is 0.507 e. The van der Waals surface area contributed by atoms with Gasteiger partial charge in [-0.25, -0.2) is 0 Å². The number of benzene rings is 3. The van der Waals surface area contributed by atoms with Crippen LogP contribution in [0, 0.1) is 13.8 Å². The summed E-state index contributed by atoms with van der Waals surface area (Å²) in [5, 5.41) is 16.1. The van der Waals surface area contributed by atoms with E-state index in [2.05, 4.69) is 9.93 Å². The molecular weight excluding hydrogens is 348 g/mol. The Morgan fingerprint density at radius 3 is 2.54 bits per heavy atom. The number of nitrogens with one attached hydrogen (secondary N) is 1. The highest BCUT2D eigenvalue weighted by molar-refractivity contribution is 7.89. The summed E-state index contributed by atoms with van der Waals surface area (Å²) in [6.07, 6.45) is 0. The zero-order valence-electron chi connectivity index (χ0n) is 14.8. The summed E-state index contributed by atoms with van der Waals surface area (Å²) in [6, 6.07) is 16.2. The van der Waals surface area contributed by atoms with E-state index in [1.807, 2.05) is 43.3 Å². The number of aromatic hydroxyl groups is 1. The van der Waals surface area contributed by atoms with Gasteiger partial charge in [0.1, 0.15) is 5.75 Å². The van der Waals surface area contributed by atoms with Crippen LogP contribution in [0.15, 0.2) is 64.6 Å². The van der Waals surface area contributed by atoms with Crippen LogP contribution < -0.4 is 4.83 Å². The molecule has 0 amide bonds. The molecule has 3 rings (SSSR count). The van der Waals surface area contributed by atoms with E-state index >= 15 is 0 Å². The van der Waals surface area contributed by atoms with E-state index in [9.17, 15) is 13.5 Å². The molecule has 2 N–H and O–H groups in total. The predicted molar refractivity (Wildman–Crippen MR) is 104 cm³/mol. The van der Waals surface area contributed by atoms with E-state index in [-0.39, 0.29) is 10.6 Å². The van der Waals surface area contributed by atoms with Crippen molar-refractivity contribution >= 4 is 26.5 Å². The lowest BCUT2D eigenvalue weighted by atomic mass is 10.0. The zero-order chi connectivity index (χ0) is 18.9. The van der Waals surface area contributed by atoms with Crippen molar-refractivity contribution < 1.29 is 13.5 Å².